The van der Waals surface area contributed by atoms with Gasteiger partial charge in [-0.2, -0.15) is 0 Å². The van der Waals surface area contributed by atoms with Crippen molar-refractivity contribution in [3.63, 3.8) is 0 Å². The first-order valence-corrected chi connectivity index (χ1v) is 9.89. The number of nitrogens with zero attached hydrogens (tertiary/aromatic N) is 3. The van der Waals surface area contributed by atoms with Crippen LogP contribution in [0.25, 0.3) is 21.3 Å². The van der Waals surface area contributed by atoms with E-state index in [2.05, 4.69) is 20.5 Å². The minimum atomic E-state index is -1.36. The largest absolute Gasteiger partial charge is 0.460 e. The van der Waals surface area contributed by atoms with Gasteiger partial charge in [0.05, 0.1) is 0 Å². The number of halogens is 1. The van der Waals surface area contributed by atoms with Gasteiger partial charge in [0.25, 0.3) is 5.91 Å². The summed E-state index contributed by atoms with van der Waals surface area (Å²) in [7, 11) is 0. The van der Waals surface area contributed by atoms with E-state index in [4.69, 9.17) is 4.74 Å². The van der Waals surface area contributed by atoms with E-state index in [1.54, 1.807) is 42.9 Å². The van der Waals surface area contributed by atoms with Gasteiger partial charge in [0.1, 0.15) is 22.1 Å². The highest BCUT2D eigenvalue weighted by molar-refractivity contribution is 7.12. The lowest BCUT2D eigenvalue weighted by atomic mass is 10.1. The summed E-state index contributed by atoms with van der Waals surface area (Å²) in [5, 5.41) is 13.4. The molecule has 6 nitrogen and oxygen atoms in total. The van der Waals surface area contributed by atoms with Gasteiger partial charge in [-0.3, -0.25) is 4.79 Å². The van der Waals surface area contributed by atoms with E-state index >= 15 is 0 Å². The van der Waals surface area contributed by atoms with Gasteiger partial charge in [-0.15, -0.1) is 10.2 Å². The summed E-state index contributed by atoms with van der Waals surface area (Å²) in [4.78, 5) is 16.8. The smallest absolute Gasteiger partial charge is 0.256 e. The molecule has 1 amide bonds. The highest BCUT2D eigenvalue weighted by Crippen LogP contribution is 2.26. The van der Waals surface area contributed by atoms with Crippen LogP contribution in [-0.2, 0) is 0 Å². The van der Waals surface area contributed by atoms with Crippen LogP contribution < -0.4 is 10.1 Å². The molecule has 0 aliphatic carbocycles. The second-order valence-corrected chi connectivity index (χ2v) is 7.12. The molecule has 4 aromatic rings. The van der Waals surface area contributed by atoms with E-state index in [1.165, 1.54) is 11.3 Å². The normalized spacial score (nSPS) is 11.9. The maximum atomic E-state index is 13.3. The predicted octanol–water partition coefficient (Wildman–Crippen LogP) is 5.09. The second-order valence-electron chi connectivity index (χ2n) is 6.29. The molecule has 146 valence electrons. The zero-order valence-electron chi connectivity index (χ0n) is 15.5. The Labute approximate surface area is 170 Å². The zero-order chi connectivity index (χ0) is 20.2. The number of nitrogens with one attached hydrogen (secondary N) is 1. The van der Waals surface area contributed by atoms with Crippen molar-refractivity contribution in [2.45, 2.75) is 19.7 Å². The summed E-state index contributed by atoms with van der Waals surface area (Å²) in [6.07, 6.45) is 0.607. The topological polar surface area (TPSA) is 77.0 Å². The van der Waals surface area contributed by atoms with Crippen LogP contribution in [0, 0.1) is 0 Å². The highest BCUT2D eigenvalue weighted by atomic mass is 32.1. The fourth-order valence-corrected chi connectivity index (χ4v) is 3.30. The van der Waals surface area contributed by atoms with Crippen molar-refractivity contribution in [1.82, 2.24) is 15.2 Å². The van der Waals surface area contributed by atoms with Crippen molar-refractivity contribution in [2.75, 3.05) is 5.32 Å². The molecule has 2 heterocycles. The number of aromatic nitrogens is 3. The number of fused-ring (bicyclic) bond motifs is 1. The first-order valence-electron chi connectivity index (χ1n) is 9.01. The summed E-state index contributed by atoms with van der Waals surface area (Å²) in [5.74, 6) is 0.506. The molecule has 2 aromatic carbocycles. The summed E-state index contributed by atoms with van der Waals surface area (Å²) in [5.41, 5.74) is 3.07. The quantitative estimate of drug-likeness (QED) is 0.481. The van der Waals surface area contributed by atoms with Gasteiger partial charge in [0, 0.05) is 29.1 Å². The maximum absolute atomic E-state index is 13.3. The summed E-state index contributed by atoms with van der Waals surface area (Å²) >= 11 is 1.46. The number of carbonyl (C=O) groups excluding carboxylic acids is 1. The molecule has 0 saturated heterocycles. The van der Waals surface area contributed by atoms with Gasteiger partial charge in [-0.1, -0.05) is 30.4 Å². The van der Waals surface area contributed by atoms with Crippen LogP contribution >= 0.6 is 11.3 Å². The maximum Gasteiger partial charge on any atom is 0.256 e. The van der Waals surface area contributed by atoms with Crippen molar-refractivity contribution >= 4 is 33.8 Å². The molecule has 1 atom stereocenters. The molecular formula is C21H17FN4O2S. The van der Waals surface area contributed by atoms with E-state index < -0.39 is 6.36 Å². The highest BCUT2D eigenvalue weighted by Gasteiger charge is 2.10. The molecule has 29 heavy (non-hydrogen) atoms. The van der Waals surface area contributed by atoms with Crippen molar-refractivity contribution in [3.05, 3.63) is 65.8 Å². The first-order chi connectivity index (χ1) is 14.1. The van der Waals surface area contributed by atoms with Crippen molar-refractivity contribution in [3.8, 4) is 16.3 Å². The monoisotopic (exact) mass is 408 g/mol. The molecule has 0 spiro atoms. The Morgan fingerprint density at radius 3 is 2.72 bits per heavy atom. The molecule has 1 unspecified atom stereocenters. The molecule has 0 aliphatic heterocycles. The third-order valence-corrected chi connectivity index (χ3v) is 5.01. The Morgan fingerprint density at radius 1 is 1.17 bits per heavy atom. The molecule has 8 heteroatoms. The van der Waals surface area contributed by atoms with Crippen LogP contribution in [0.5, 0.6) is 5.75 Å². The van der Waals surface area contributed by atoms with Crippen LogP contribution in [0.15, 0.2) is 60.2 Å². The molecule has 0 saturated carbocycles. The Balaban J connectivity index is 1.51. The fraction of sp³-hybridized carbons (Fsp3) is 0.143. The number of pyridine rings is 1. The first kappa shape index (κ1) is 18.9. The number of benzene rings is 2. The third kappa shape index (κ3) is 4.38. The lowest BCUT2D eigenvalue weighted by Crippen LogP contribution is -2.13. The van der Waals surface area contributed by atoms with Gasteiger partial charge < -0.3 is 10.1 Å². The summed E-state index contributed by atoms with van der Waals surface area (Å²) in [6.45, 7) is 1.69. The predicted molar refractivity (Wildman–Crippen MR) is 111 cm³/mol. The minimum absolute atomic E-state index is 0.261. The van der Waals surface area contributed by atoms with E-state index in [1.807, 2.05) is 24.3 Å². The third-order valence-electron chi connectivity index (χ3n) is 4.27. The van der Waals surface area contributed by atoms with Crippen molar-refractivity contribution in [2.24, 2.45) is 0 Å². The average molecular weight is 408 g/mol. The molecule has 4 rings (SSSR count). The lowest BCUT2D eigenvalue weighted by molar-refractivity contribution is 0.0642. The molecule has 2 aromatic heterocycles. The van der Waals surface area contributed by atoms with Gasteiger partial charge in [-0.05, 0) is 41.8 Å². The van der Waals surface area contributed by atoms with E-state index in [9.17, 15) is 9.18 Å². The number of rotatable bonds is 6. The van der Waals surface area contributed by atoms with Crippen LogP contribution in [0.3, 0.4) is 0 Å². The number of anilines is 1. The number of carbonyl (C=O) groups is 1. The number of hydrogen-bond donors (Lipinski definition) is 1. The van der Waals surface area contributed by atoms with Crippen LogP contribution in [0.2, 0.25) is 0 Å². The summed E-state index contributed by atoms with van der Waals surface area (Å²) in [6, 6.07) is 14.0. The second kappa shape index (κ2) is 8.32. The van der Waals surface area contributed by atoms with Gasteiger partial charge in [-0.25, -0.2) is 9.37 Å². The van der Waals surface area contributed by atoms with E-state index in [0.717, 1.165) is 21.3 Å². The molecule has 0 bridgehead atoms. The van der Waals surface area contributed by atoms with Gasteiger partial charge >= 0.3 is 0 Å². The van der Waals surface area contributed by atoms with Crippen LogP contribution in [-0.4, -0.2) is 27.4 Å². The number of alkyl halides is 1. The molecule has 1 N–H and O–H groups in total. The summed E-state index contributed by atoms with van der Waals surface area (Å²) < 4.78 is 18.4. The Hall–Kier alpha value is -3.39. The Morgan fingerprint density at radius 2 is 2.00 bits per heavy atom. The lowest BCUT2D eigenvalue weighted by Gasteiger charge is -2.10. The number of ether oxygens (including phenoxy) is 1. The molecule has 0 radical (unpaired) electrons. The molecule has 0 aliphatic rings. The standard InChI is InChI=1S/C21H17FN4O2S/c1-2-18(22)28-17-7-5-13(6-8-17)20(27)25-19-10-16-9-14(21-26-24-12-29-21)3-4-15(16)11-23-19/h3-12,18H,2H2,1H3,(H,23,25,27). The zero-order valence-corrected chi connectivity index (χ0v) is 16.3. The SMILES string of the molecule is CCC(F)Oc1ccc(C(=O)Nc2cc3cc(-c4nncs4)ccc3cn2)cc1. The Kier molecular flexibility index (Phi) is 5.44. The van der Waals surface area contributed by atoms with Crippen LogP contribution in [0.4, 0.5) is 10.2 Å². The molecular weight excluding hydrogens is 391 g/mol. The van der Waals surface area contributed by atoms with E-state index in [-0.39, 0.29) is 12.3 Å². The van der Waals surface area contributed by atoms with Crippen LogP contribution in [0.1, 0.15) is 23.7 Å². The van der Waals surface area contributed by atoms with E-state index in [0.29, 0.717) is 17.1 Å². The fourth-order valence-electron chi connectivity index (χ4n) is 2.75. The number of amides is 1. The van der Waals surface area contributed by atoms with Gasteiger partial charge in [0.15, 0.2) is 0 Å². The van der Waals surface area contributed by atoms with Crippen molar-refractivity contribution in [1.29, 1.82) is 0 Å². The van der Waals surface area contributed by atoms with Crippen molar-refractivity contribution < 1.29 is 13.9 Å². The average Bonchev–Trinajstić information content (AvgIpc) is 3.28. The molecule has 0 fully saturated rings. The minimum Gasteiger partial charge on any atom is -0.460 e. The number of hydrogen-bond acceptors (Lipinski definition) is 6. The Bertz CT molecular complexity index is 1130. The van der Waals surface area contributed by atoms with Gasteiger partial charge in [0.2, 0.25) is 6.36 Å².